The van der Waals surface area contributed by atoms with Crippen molar-refractivity contribution in [1.82, 2.24) is 8.53 Å². The molecule has 18 heavy (non-hydrogen) atoms. The molecule has 82 valence electrons. The molecule has 2 aliphatic heterocycles. The normalized spacial score (nSPS) is 11.6. The van der Waals surface area contributed by atoms with Crippen LogP contribution in [0.4, 0.5) is 0 Å². The summed E-state index contributed by atoms with van der Waals surface area (Å²) in [4.78, 5) is 4.76. The molecule has 3 heteroatoms. The Morgan fingerprint density at radius 3 is 2.50 bits per heavy atom. The Kier molecular flexibility index (Phi) is 2.02. The first-order valence-electron chi connectivity index (χ1n) is 5.88. The van der Waals surface area contributed by atoms with E-state index < -0.39 is 0 Å². The van der Waals surface area contributed by atoms with Crippen LogP contribution >= 0.6 is 0 Å². The van der Waals surface area contributed by atoms with E-state index in [9.17, 15) is 0 Å². The number of aromatic nitrogens is 2. The van der Waals surface area contributed by atoms with Crippen LogP contribution in [0, 0.1) is 0 Å². The fourth-order valence-electron chi connectivity index (χ4n) is 2.55. The van der Waals surface area contributed by atoms with Gasteiger partial charge in [0.2, 0.25) is 0 Å². The SMILES string of the molecule is [Al][n]1cc2c3ccccc3nc-2c2ccccc21. The third-order valence-electron chi connectivity index (χ3n) is 3.39. The Bertz CT molecular complexity index is 848. The molecule has 0 saturated carbocycles. The molecule has 2 aromatic rings. The Labute approximate surface area is 113 Å². The molecule has 4 rings (SSSR count). The minimum atomic E-state index is 1.06. The molecule has 0 aromatic heterocycles. The summed E-state index contributed by atoms with van der Waals surface area (Å²) in [5, 5.41) is 2.41. The van der Waals surface area contributed by atoms with Gasteiger partial charge in [0.05, 0.1) is 11.2 Å². The lowest BCUT2D eigenvalue weighted by Gasteiger charge is -2.11. The second-order valence-electron chi connectivity index (χ2n) is 4.44. The molecule has 2 heterocycles. The van der Waals surface area contributed by atoms with Crippen LogP contribution in [0.1, 0.15) is 0 Å². The molecule has 0 unspecified atom stereocenters. The Hall–Kier alpha value is -1.82. The highest BCUT2D eigenvalue weighted by Crippen LogP contribution is 2.35. The topological polar surface area (TPSA) is 17.8 Å². The van der Waals surface area contributed by atoms with Crippen LogP contribution in [0.2, 0.25) is 0 Å². The largest absolute Gasteiger partial charge is 0.457 e. The molecular weight excluding hydrogens is 235 g/mol. The maximum atomic E-state index is 4.76. The number of benzene rings is 2. The summed E-state index contributed by atoms with van der Waals surface area (Å²) in [5.74, 6) is 0. The van der Waals surface area contributed by atoms with Crippen LogP contribution in [0.5, 0.6) is 0 Å². The summed E-state index contributed by atoms with van der Waals surface area (Å²) in [5.41, 5.74) is 4.54. The van der Waals surface area contributed by atoms with E-state index in [1.807, 2.05) is 6.07 Å². The molecule has 2 aromatic carbocycles. The van der Waals surface area contributed by atoms with E-state index in [0.29, 0.717) is 0 Å². The van der Waals surface area contributed by atoms with E-state index >= 15 is 0 Å². The van der Waals surface area contributed by atoms with E-state index in [2.05, 4.69) is 68.7 Å². The van der Waals surface area contributed by atoms with Gasteiger partial charge in [-0.3, -0.25) is 0 Å². The molecule has 0 fully saturated rings. The van der Waals surface area contributed by atoms with Crippen molar-refractivity contribution in [1.29, 1.82) is 0 Å². The highest BCUT2D eigenvalue weighted by atomic mass is 27.1. The summed E-state index contributed by atoms with van der Waals surface area (Å²) in [6.07, 6.45) is 2.14. The van der Waals surface area contributed by atoms with Gasteiger partial charge in [-0.15, -0.1) is 0 Å². The summed E-state index contributed by atoms with van der Waals surface area (Å²) in [6.45, 7) is 0. The number of rotatable bonds is 0. The fraction of sp³-hybridized carbons (Fsp3) is 0. The van der Waals surface area contributed by atoms with Crippen LogP contribution < -0.4 is 0 Å². The van der Waals surface area contributed by atoms with Crippen molar-refractivity contribution >= 4 is 38.3 Å². The van der Waals surface area contributed by atoms with Gasteiger partial charge in [-0.05, 0) is 18.3 Å². The maximum absolute atomic E-state index is 4.76. The smallest absolute Gasteiger partial charge is 0.317 e. The standard InChI is InChI=1S/C15H9N2.Al/c1-4-8-14-10(5-1)12-9-16-13-7-3-2-6-11(13)15(12)17-14;/h1-9H;/q-1;+1. The molecule has 2 aliphatic rings. The van der Waals surface area contributed by atoms with E-state index in [0.717, 1.165) is 11.2 Å². The van der Waals surface area contributed by atoms with Crippen LogP contribution in [0.25, 0.3) is 33.1 Å². The lowest BCUT2D eigenvalue weighted by Crippen LogP contribution is -1.97. The summed E-state index contributed by atoms with van der Waals surface area (Å²) in [7, 11) is 0. The second kappa shape index (κ2) is 3.59. The monoisotopic (exact) mass is 244 g/mol. The number of nitrogens with zero attached hydrogens (tertiary/aromatic N) is 2. The maximum Gasteiger partial charge on any atom is 0.317 e. The molecule has 2 radical (unpaired) electrons. The van der Waals surface area contributed by atoms with Crippen LogP contribution in [0.3, 0.4) is 0 Å². The predicted molar refractivity (Wildman–Crippen MR) is 75.0 cm³/mol. The number of hydrogen-bond acceptors (Lipinski definition) is 1. The minimum absolute atomic E-state index is 1.06. The first-order chi connectivity index (χ1) is 8.84. The molecule has 0 N–H and O–H groups in total. The van der Waals surface area contributed by atoms with Crippen molar-refractivity contribution in [3.05, 3.63) is 54.7 Å². The van der Waals surface area contributed by atoms with E-state index in [4.69, 9.17) is 4.98 Å². The highest BCUT2D eigenvalue weighted by Gasteiger charge is 2.14. The lowest BCUT2D eigenvalue weighted by atomic mass is 10.1. The summed E-state index contributed by atoms with van der Waals surface area (Å²) >= 11 is 2.75. The Balaban J connectivity index is 2.31. The number of hydrogen-bond donors (Lipinski definition) is 0. The van der Waals surface area contributed by atoms with Gasteiger partial charge in [0.1, 0.15) is 0 Å². The van der Waals surface area contributed by atoms with Gasteiger partial charge in [0.25, 0.3) is 0 Å². The average Bonchev–Trinajstić information content (AvgIpc) is 2.78. The van der Waals surface area contributed by atoms with E-state index in [1.165, 1.54) is 21.9 Å². The zero-order valence-electron chi connectivity index (χ0n) is 9.67. The first kappa shape index (κ1) is 10.1. The van der Waals surface area contributed by atoms with Crippen LogP contribution in [0.15, 0.2) is 54.7 Å². The van der Waals surface area contributed by atoms with E-state index in [-0.39, 0.29) is 0 Å². The van der Waals surface area contributed by atoms with Gasteiger partial charge in [0, 0.05) is 21.9 Å². The molecule has 0 spiro atoms. The van der Waals surface area contributed by atoms with Crippen molar-refractivity contribution in [3.8, 4) is 11.3 Å². The number of fused-ring (bicyclic) bond motifs is 5. The van der Waals surface area contributed by atoms with Crippen molar-refractivity contribution in [2.45, 2.75) is 0 Å². The minimum Gasteiger partial charge on any atom is -0.457 e. The van der Waals surface area contributed by atoms with Gasteiger partial charge in [0.15, 0.2) is 0 Å². The summed E-state index contributed by atoms with van der Waals surface area (Å²) < 4.78 is 2.09. The van der Waals surface area contributed by atoms with Crippen molar-refractivity contribution < 1.29 is 0 Å². The Morgan fingerprint density at radius 2 is 1.61 bits per heavy atom. The van der Waals surface area contributed by atoms with Crippen molar-refractivity contribution in [3.63, 3.8) is 0 Å². The number of pyridine rings is 1. The predicted octanol–water partition coefficient (Wildman–Crippen LogP) is 3.23. The van der Waals surface area contributed by atoms with Gasteiger partial charge in [-0.1, -0.05) is 36.4 Å². The summed E-state index contributed by atoms with van der Waals surface area (Å²) in [6, 6.07) is 16.6. The van der Waals surface area contributed by atoms with E-state index in [1.54, 1.807) is 0 Å². The van der Waals surface area contributed by atoms with Crippen molar-refractivity contribution in [2.24, 2.45) is 0 Å². The van der Waals surface area contributed by atoms with Crippen LogP contribution in [-0.4, -0.2) is 25.0 Å². The molecular formula is C15H9AlN2. The molecule has 0 saturated heterocycles. The molecule has 0 atom stereocenters. The Morgan fingerprint density at radius 1 is 0.889 bits per heavy atom. The zero-order chi connectivity index (χ0) is 12.1. The van der Waals surface area contributed by atoms with Crippen LogP contribution in [-0.2, 0) is 0 Å². The highest BCUT2D eigenvalue weighted by molar-refractivity contribution is 6.15. The fourth-order valence-corrected chi connectivity index (χ4v) is 2.93. The zero-order valence-corrected chi connectivity index (χ0v) is 10.8. The van der Waals surface area contributed by atoms with Gasteiger partial charge in [-0.2, -0.15) is 0 Å². The number of para-hydroxylation sites is 2. The molecule has 0 aliphatic carbocycles. The third kappa shape index (κ3) is 1.26. The lowest BCUT2D eigenvalue weighted by molar-refractivity contribution is 1.27. The quantitative estimate of drug-likeness (QED) is 0.434. The molecule has 0 amide bonds. The van der Waals surface area contributed by atoms with Crippen molar-refractivity contribution in [2.75, 3.05) is 0 Å². The van der Waals surface area contributed by atoms with Gasteiger partial charge < -0.3 is 3.55 Å². The third-order valence-corrected chi connectivity index (χ3v) is 3.81. The van der Waals surface area contributed by atoms with Gasteiger partial charge >= 0.3 is 16.5 Å². The molecule has 0 bridgehead atoms. The molecule has 2 nitrogen and oxygen atoms in total. The van der Waals surface area contributed by atoms with Gasteiger partial charge in [-0.25, -0.2) is 4.98 Å². The first-order valence-corrected chi connectivity index (χ1v) is 6.40. The average molecular weight is 244 g/mol. The second-order valence-corrected chi connectivity index (χ2v) is 5.00.